The van der Waals surface area contributed by atoms with E-state index in [1.807, 2.05) is 12.1 Å². The molecule has 0 amide bonds. The summed E-state index contributed by atoms with van der Waals surface area (Å²) in [7, 11) is 0. The maximum Gasteiger partial charge on any atom is 0.231 e. The molecule has 0 spiro atoms. The second kappa shape index (κ2) is 11.4. The quantitative estimate of drug-likeness (QED) is 0.247. The number of aromatic nitrogens is 2. The highest BCUT2D eigenvalue weighted by molar-refractivity contribution is 5.56. The predicted octanol–water partition coefficient (Wildman–Crippen LogP) is 6.26. The predicted molar refractivity (Wildman–Crippen MR) is 146 cm³/mol. The highest BCUT2D eigenvalue weighted by atomic mass is 19.1. The molecule has 1 N–H and O–H groups in total. The van der Waals surface area contributed by atoms with Crippen LogP contribution in [0.4, 0.5) is 4.39 Å². The Morgan fingerprint density at radius 3 is 2.03 bits per heavy atom. The molecule has 2 aliphatic rings. The first kappa shape index (κ1) is 25.2. The number of hydrogen-bond acceptors (Lipinski definition) is 6. The number of nitrogens with one attached hydrogen (secondary N) is 1. The molecule has 8 heteroatoms. The molecule has 0 saturated carbocycles. The summed E-state index contributed by atoms with van der Waals surface area (Å²) in [4.78, 5) is 10.9. The maximum absolute atomic E-state index is 13.5. The van der Waals surface area contributed by atoms with Crippen LogP contribution in [0.25, 0.3) is 11.4 Å². The molecule has 4 aromatic rings. The molecule has 0 fully saturated rings. The van der Waals surface area contributed by atoms with Crippen molar-refractivity contribution < 1.29 is 23.3 Å². The fourth-order valence-electron chi connectivity index (χ4n) is 5.03. The highest BCUT2D eigenvalue weighted by Gasteiger charge is 2.19. The highest BCUT2D eigenvalue weighted by Crippen LogP contribution is 2.34. The lowest BCUT2D eigenvalue weighted by molar-refractivity contribution is 0.173. The van der Waals surface area contributed by atoms with Crippen LogP contribution < -0.4 is 18.9 Å². The minimum absolute atomic E-state index is 0.251. The van der Waals surface area contributed by atoms with E-state index in [4.69, 9.17) is 23.9 Å². The SMILES string of the molecule is CCCCc1[nH]c(-c2ccc(F)cc2)nc1CCN(Cc1ccc2c(c1)OCO2)Cc1ccc2c(c1)OCO2. The van der Waals surface area contributed by atoms with Crippen LogP contribution in [-0.4, -0.2) is 35.0 Å². The number of aryl methyl sites for hydroxylation is 1. The van der Waals surface area contributed by atoms with Crippen LogP contribution in [-0.2, 0) is 25.9 Å². The molecule has 7 nitrogen and oxygen atoms in total. The van der Waals surface area contributed by atoms with E-state index in [0.717, 1.165) is 102 Å². The molecule has 0 aliphatic carbocycles. The average Bonchev–Trinajstić information content (AvgIpc) is 3.70. The lowest BCUT2D eigenvalue weighted by Gasteiger charge is -2.23. The first-order valence-electron chi connectivity index (χ1n) is 13.5. The van der Waals surface area contributed by atoms with Crippen LogP contribution in [0, 0.1) is 5.82 Å². The molecular weight excluding hydrogens is 497 g/mol. The van der Waals surface area contributed by atoms with Gasteiger partial charge < -0.3 is 23.9 Å². The van der Waals surface area contributed by atoms with Crippen molar-refractivity contribution in [2.24, 2.45) is 0 Å². The van der Waals surface area contributed by atoms with Crippen LogP contribution in [0.2, 0.25) is 0 Å². The van der Waals surface area contributed by atoms with Crippen molar-refractivity contribution in [3.63, 3.8) is 0 Å². The van der Waals surface area contributed by atoms with Gasteiger partial charge in [0.05, 0.1) is 5.69 Å². The molecule has 202 valence electrons. The second-order valence-electron chi connectivity index (χ2n) is 9.96. The third-order valence-corrected chi connectivity index (χ3v) is 7.11. The molecule has 2 aliphatic heterocycles. The fourth-order valence-corrected chi connectivity index (χ4v) is 5.03. The van der Waals surface area contributed by atoms with E-state index in [1.165, 1.54) is 12.1 Å². The largest absolute Gasteiger partial charge is 0.454 e. The Labute approximate surface area is 227 Å². The molecule has 6 rings (SSSR count). The van der Waals surface area contributed by atoms with Crippen LogP contribution in [0.3, 0.4) is 0 Å². The number of aromatic amines is 1. The van der Waals surface area contributed by atoms with Gasteiger partial charge in [-0.3, -0.25) is 4.90 Å². The number of unbranched alkanes of at least 4 members (excludes halogenated alkanes) is 1. The molecule has 0 radical (unpaired) electrons. The number of rotatable bonds is 11. The van der Waals surface area contributed by atoms with Gasteiger partial charge in [-0.05, 0) is 72.5 Å². The van der Waals surface area contributed by atoms with Crippen molar-refractivity contribution in [3.8, 4) is 34.4 Å². The number of nitrogens with zero attached hydrogens (tertiary/aromatic N) is 2. The summed E-state index contributed by atoms with van der Waals surface area (Å²) in [6, 6.07) is 18.7. The third kappa shape index (κ3) is 5.86. The van der Waals surface area contributed by atoms with Gasteiger partial charge in [-0.2, -0.15) is 0 Å². The molecule has 1 aromatic heterocycles. The third-order valence-electron chi connectivity index (χ3n) is 7.11. The summed E-state index contributed by atoms with van der Waals surface area (Å²) in [5, 5.41) is 0. The smallest absolute Gasteiger partial charge is 0.231 e. The molecular formula is C31H32FN3O4. The van der Waals surface area contributed by atoms with E-state index in [9.17, 15) is 4.39 Å². The Morgan fingerprint density at radius 1 is 0.795 bits per heavy atom. The zero-order chi connectivity index (χ0) is 26.6. The Morgan fingerprint density at radius 2 is 1.41 bits per heavy atom. The Bertz CT molecular complexity index is 1380. The van der Waals surface area contributed by atoms with Gasteiger partial charge in [-0.25, -0.2) is 9.37 Å². The van der Waals surface area contributed by atoms with Gasteiger partial charge in [0.25, 0.3) is 0 Å². The number of hydrogen-bond donors (Lipinski definition) is 1. The van der Waals surface area contributed by atoms with Gasteiger partial charge in [0.2, 0.25) is 13.6 Å². The van der Waals surface area contributed by atoms with Crippen molar-refractivity contribution in [1.29, 1.82) is 0 Å². The van der Waals surface area contributed by atoms with Crippen LogP contribution in [0.5, 0.6) is 23.0 Å². The van der Waals surface area contributed by atoms with Crippen LogP contribution in [0.1, 0.15) is 42.3 Å². The van der Waals surface area contributed by atoms with Gasteiger partial charge in [0, 0.05) is 37.3 Å². The summed E-state index contributed by atoms with van der Waals surface area (Å²) in [6.45, 7) is 4.99. The van der Waals surface area contributed by atoms with Gasteiger partial charge in [0.1, 0.15) is 11.6 Å². The van der Waals surface area contributed by atoms with Gasteiger partial charge in [-0.15, -0.1) is 0 Å². The molecule has 0 bridgehead atoms. The Hall–Kier alpha value is -4.04. The second-order valence-corrected chi connectivity index (χ2v) is 9.96. The van der Waals surface area contributed by atoms with Crippen LogP contribution >= 0.6 is 0 Å². The molecule has 3 aromatic carbocycles. The fraction of sp³-hybridized carbons (Fsp3) is 0.323. The maximum atomic E-state index is 13.5. The summed E-state index contributed by atoms with van der Waals surface area (Å²) in [6.07, 6.45) is 3.90. The van der Waals surface area contributed by atoms with Gasteiger partial charge >= 0.3 is 0 Å². The lowest BCUT2D eigenvalue weighted by Crippen LogP contribution is -2.25. The number of ether oxygens (including phenoxy) is 4. The summed E-state index contributed by atoms with van der Waals surface area (Å²) in [5.41, 5.74) is 5.41. The first-order valence-corrected chi connectivity index (χ1v) is 13.5. The van der Waals surface area contributed by atoms with Crippen molar-refractivity contribution in [2.45, 2.75) is 45.7 Å². The number of benzene rings is 3. The number of halogens is 1. The minimum Gasteiger partial charge on any atom is -0.454 e. The molecule has 3 heterocycles. The van der Waals surface area contributed by atoms with Crippen molar-refractivity contribution in [2.75, 3.05) is 20.1 Å². The number of H-pyrrole nitrogens is 1. The molecule has 39 heavy (non-hydrogen) atoms. The van der Waals surface area contributed by atoms with E-state index in [1.54, 1.807) is 12.1 Å². The molecule has 0 saturated heterocycles. The first-order chi connectivity index (χ1) is 19.1. The van der Waals surface area contributed by atoms with Gasteiger partial charge in [-0.1, -0.05) is 25.5 Å². The van der Waals surface area contributed by atoms with Gasteiger partial charge in [0.15, 0.2) is 23.0 Å². The summed E-state index contributed by atoms with van der Waals surface area (Å²) in [5.74, 6) is 3.67. The van der Waals surface area contributed by atoms with E-state index in [-0.39, 0.29) is 19.4 Å². The lowest BCUT2D eigenvalue weighted by atomic mass is 10.1. The van der Waals surface area contributed by atoms with E-state index < -0.39 is 0 Å². The van der Waals surface area contributed by atoms with Crippen LogP contribution in [0.15, 0.2) is 60.7 Å². The average molecular weight is 530 g/mol. The Kier molecular flexibility index (Phi) is 7.36. The zero-order valence-corrected chi connectivity index (χ0v) is 22.0. The standard InChI is InChI=1S/C31H32FN3O4/c1-2-3-4-25-26(34-31(33-25)23-7-9-24(32)10-8-23)13-14-35(17-21-5-11-27-29(15-21)38-19-36-27)18-22-6-12-28-30(16-22)39-20-37-28/h5-12,15-16H,2-4,13-14,17-20H2,1H3,(H,33,34). The van der Waals surface area contributed by atoms with Crippen molar-refractivity contribution in [1.82, 2.24) is 14.9 Å². The van der Waals surface area contributed by atoms with E-state index in [0.29, 0.717) is 0 Å². The zero-order valence-electron chi connectivity index (χ0n) is 22.0. The number of fused-ring (bicyclic) bond motifs is 2. The van der Waals surface area contributed by atoms with Crippen molar-refractivity contribution >= 4 is 0 Å². The number of imidazole rings is 1. The topological polar surface area (TPSA) is 68.8 Å². The summed E-state index contributed by atoms with van der Waals surface area (Å²) >= 11 is 0. The minimum atomic E-state index is -0.251. The van der Waals surface area contributed by atoms with Crippen molar-refractivity contribution in [3.05, 3.63) is 89.0 Å². The monoisotopic (exact) mass is 529 g/mol. The molecule has 0 unspecified atom stereocenters. The normalized spacial score (nSPS) is 13.4. The van der Waals surface area contributed by atoms with E-state index >= 15 is 0 Å². The molecule has 0 atom stereocenters. The van der Waals surface area contributed by atoms with E-state index in [2.05, 4.69) is 41.1 Å². The summed E-state index contributed by atoms with van der Waals surface area (Å²) < 4.78 is 35.7. The Balaban J connectivity index is 1.23.